The monoisotopic (exact) mass is 798 g/mol. The van der Waals surface area contributed by atoms with Crippen LogP contribution < -0.4 is 0 Å². The summed E-state index contributed by atoms with van der Waals surface area (Å²) in [5, 5.41) is 15.3. The fourth-order valence-electron chi connectivity index (χ4n) is 10.9. The summed E-state index contributed by atoms with van der Waals surface area (Å²) in [5.74, 6) is 0. The van der Waals surface area contributed by atoms with E-state index in [-0.39, 0.29) is 5.41 Å². The lowest BCUT2D eigenvalue weighted by atomic mass is 9.80. The van der Waals surface area contributed by atoms with E-state index < -0.39 is 0 Å². The first-order valence-corrected chi connectivity index (χ1v) is 22.1. The summed E-state index contributed by atoms with van der Waals surface area (Å²) in [7, 11) is 0. The van der Waals surface area contributed by atoms with Gasteiger partial charge < -0.3 is 0 Å². The van der Waals surface area contributed by atoms with Crippen LogP contribution in [-0.4, -0.2) is 0 Å². The van der Waals surface area contributed by atoms with E-state index in [1.165, 1.54) is 131 Å². The highest BCUT2D eigenvalue weighted by Gasteiger charge is 2.36. The zero-order valence-corrected chi connectivity index (χ0v) is 35.3. The molecule has 1 aliphatic carbocycles. The van der Waals surface area contributed by atoms with Gasteiger partial charge in [-0.15, -0.1) is 0 Å². The Morgan fingerprint density at radius 3 is 1.29 bits per heavy atom. The number of rotatable bonds is 4. The fourth-order valence-corrected chi connectivity index (χ4v) is 10.9. The highest BCUT2D eigenvalue weighted by atomic mass is 14.4. The lowest BCUT2D eigenvalue weighted by molar-refractivity contribution is 0.661. The zero-order chi connectivity index (χ0) is 41.8. The first-order chi connectivity index (χ1) is 30.9. The summed E-state index contributed by atoms with van der Waals surface area (Å²) < 4.78 is 0. The maximum atomic E-state index is 2.48. The molecule has 0 heterocycles. The number of hydrogen-bond acceptors (Lipinski definition) is 0. The largest absolute Gasteiger partial charge is 0.0616 e. The Morgan fingerprint density at radius 1 is 0.238 bits per heavy atom. The molecule has 0 atom stereocenters. The van der Waals surface area contributed by atoms with Crippen LogP contribution in [0.4, 0.5) is 0 Å². The molecule has 0 spiro atoms. The lowest BCUT2D eigenvalue weighted by Gasteiger charge is -2.23. The summed E-state index contributed by atoms with van der Waals surface area (Å²) in [6.07, 6.45) is 0. The van der Waals surface area contributed by atoms with Crippen LogP contribution in [-0.2, 0) is 5.41 Å². The number of benzene rings is 12. The first kappa shape index (κ1) is 35.9. The van der Waals surface area contributed by atoms with Crippen LogP contribution in [0, 0.1) is 0 Å². The molecule has 12 aromatic carbocycles. The van der Waals surface area contributed by atoms with Crippen molar-refractivity contribution in [3.63, 3.8) is 0 Å². The number of hydrogen-bond donors (Lipinski definition) is 0. The van der Waals surface area contributed by atoms with Crippen LogP contribution in [0.5, 0.6) is 0 Å². The highest BCUT2D eigenvalue weighted by Crippen LogP contribution is 2.51. The van der Waals surface area contributed by atoms with Crippen molar-refractivity contribution in [1.82, 2.24) is 0 Å². The summed E-state index contributed by atoms with van der Waals surface area (Å²) in [6, 6.07) is 82.0. The van der Waals surface area contributed by atoms with Crippen molar-refractivity contribution in [3.8, 4) is 55.6 Å². The van der Waals surface area contributed by atoms with Gasteiger partial charge in [-0.05, 0) is 180 Å². The molecule has 0 bridgehead atoms. The lowest BCUT2D eigenvalue weighted by Crippen LogP contribution is -2.15. The third kappa shape index (κ3) is 5.61. The Morgan fingerprint density at radius 2 is 0.651 bits per heavy atom. The van der Waals surface area contributed by atoms with E-state index in [9.17, 15) is 0 Å². The molecule has 294 valence electrons. The predicted octanol–water partition coefficient (Wildman–Crippen LogP) is 17.6. The quantitative estimate of drug-likeness (QED) is 0.156. The van der Waals surface area contributed by atoms with E-state index in [1.54, 1.807) is 0 Å². The van der Waals surface area contributed by atoms with Crippen LogP contribution >= 0.6 is 0 Å². The summed E-state index contributed by atoms with van der Waals surface area (Å²) in [6.45, 7) is 4.80. The van der Waals surface area contributed by atoms with Crippen molar-refractivity contribution in [3.05, 3.63) is 230 Å². The molecule has 13 rings (SSSR count). The van der Waals surface area contributed by atoms with Crippen LogP contribution in [0.2, 0.25) is 0 Å². The third-order valence-electron chi connectivity index (χ3n) is 14.1. The Labute approximate surface area is 367 Å². The van der Waals surface area contributed by atoms with Crippen LogP contribution in [0.15, 0.2) is 218 Å². The molecule has 0 aliphatic heterocycles. The van der Waals surface area contributed by atoms with E-state index in [1.807, 2.05) is 0 Å². The molecule has 0 aromatic heterocycles. The Kier molecular flexibility index (Phi) is 7.75. The van der Waals surface area contributed by atoms with Crippen molar-refractivity contribution in [2.45, 2.75) is 19.3 Å². The minimum absolute atomic E-state index is 0.173. The van der Waals surface area contributed by atoms with Gasteiger partial charge in [0.1, 0.15) is 0 Å². The molecule has 12 aromatic rings. The normalized spacial score (nSPS) is 13.0. The molecule has 0 heteroatoms. The van der Waals surface area contributed by atoms with Gasteiger partial charge in [-0.3, -0.25) is 0 Å². The van der Waals surface area contributed by atoms with E-state index in [0.717, 1.165) is 0 Å². The zero-order valence-electron chi connectivity index (χ0n) is 35.3. The Balaban J connectivity index is 0.997. The standard InChI is InChI=1S/C63H42/c1-63(2)59-37-47(45-24-19-39-11-3-5-14-43(39)31-45)27-29-55(59)56-30-28-48(38-60(56)63)51-33-50(46-25-20-40-12-4-6-15-44(40)32-46)34-52(35-51)58-36-49-26-23-42-22-21-41-13-7-8-16-53(41)61(42)62(49)57-18-10-9-17-54(57)58/h3-38H,1-2H3. The smallest absolute Gasteiger partial charge is 0.0159 e. The van der Waals surface area contributed by atoms with Gasteiger partial charge >= 0.3 is 0 Å². The van der Waals surface area contributed by atoms with E-state index in [2.05, 4.69) is 232 Å². The molecule has 0 radical (unpaired) electrons. The topological polar surface area (TPSA) is 0 Å². The van der Waals surface area contributed by atoms with E-state index in [4.69, 9.17) is 0 Å². The summed E-state index contributed by atoms with van der Waals surface area (Å²) >= 11 is 0. The van der Waals surface area contributed by atoms with Crippen molar-refractivity contribution in [2.24, 2.45) is 0 Å². The van der Waals surface area contributed by atoms with Crippen LogP contribution in [0.1, 0.15) is 25.0 Å². The van der Waals surface area contributed by atoms with Gasteiger partial charge in [0.15, 0.2) is 0 Å². The average Bonchev–Trinajstić information content (AvgIpc) is 3.57. The molecular formula is C63H42. The Hall–Kier alpha value is -7.80. The third-order valence-corrected chi connectivity index (χ3v) is 14.1. The summed E-state index contributed by atoms with van der Waals surface area (Å²) in [5.41, 5.74) is 15.1. The average molecular weight is 799 g/mol. The molecule has 63 heavy (non-hydrogen) atoms. The van der Waals surface area contributed by atoms with Gasteiger partial charge in [-0.2, -0.15) is 0 Å². The highest BCUT2D eigenvalue weighted by molar-refractivity contribution is 6.29. The van der Waals surface area contributed by atoms with Crippen LogP contribution in [0.3, 0.4) is 0 Å². The van der Waals surface area contributed by atoms with Gasteiger partial charge in [0.2, 0.25) is 0 Å². The van der Waals surface area contributed by atoms with Crippen LogP contribution in [0.25, 0.3) is 120 Å². The van der Waals surface area contributed by atoms with E-state index >= 15 is 0 Å². The van der Waals surface area contributed by atoms with Gasteiger partial charge in [-0.1, -0.05) is 184 Å². The molecular weight excluding hydrogens is 757 g/mol. The first-order valence-electron chi connectivity index (χ1n) is 22.1. The molecule has 0 N–H and O–H groups in total. The second-order valence-electron chi connectivity index (χ2n) is 18.1. The maximum Gasteiger partial charge on any atom is 0.0159 e. The maximum absolute atomic E-state index is 2.48. The predicted molar refractivity (Wildman–Crippen MR) is 271 cm³/mol. The molecule has 0 fully saturated rings. The molecule has 0 amide bonds. The molecule has 0 saturated heterocycles. The van der Waals surface area contributed by atoms with E-state index in [0.29, 0.717) is 0 Å². The SMILES string of the molecule is CC1(C)c2cc(-c3cc(-c4ccc5ccccc5c4)cc(-c4cc5ccc6ccc7ccccc7c6c5c5ccccc45)c3)ccc2-c2ccc(-c3ccc4ccccc4c3)cc21. The van der Waals surface area contributed by atoms with Gasteiger partial charge in [0, 0.05) is 5.41 Å². The van der Waals surface area contributed by atoms with Crippen molar-refractivity contribution in [1.29, 1.82) is 0 Å². The van der Waals surface area contributed by atoms with Crippen molar-refractivity contribution in [2.75, 3.05) is 0 Å². The fraction of sp³-hybridized carbons (Fsp3) is 0.0476. The minimum atomic E-state index is -0.173. The second-order valence-corrected chi connectivity index (χ2v) is 18.1. The minimum Gasteiger partial charge on any atom is -0.0616 e. The Bertz CT molecular complexity index is 3880. The molecule has 0 unspecified atom stereocenters. The molecule has 1 aliphatic rings. The van der Waals surface area contributed by atoms with Gasteiger partial charge in [-0.25, -0.2) is 0 Å². The van der Waals surface area contributed by atoms with Crippen molar-refractivity contribution < 1.29 is 0 Å². The molecule has 0 nitrogen and oxygen atoms in total. The van der Waals surface area contributed by atoms with Gasteiger partial charge in [0.25, 0.3) is 0 Å². The molecule has 0 saturated carbocycles. The van der Waals surface area contributed by atoms with Crippen molar-refractivity contribution >= 4 is 64.6 Å². The summed E-state index contributed by atoms with van der Waals surface area (Å²) in [4.78, 5) is 0. The second kappa shape index (κ2) is 13.6. The van der Waals surface area contributed by atoms with Gasteiger partial charge in [0.05, 0.1) is 0 Å². The number of fused-ring (bicyclic) bond motifs is 12.